The van der Waals surface area contributed by atoms with Gasteiger partial charge in [-0.2, -0.15) is 0 Å². The first-order valence-electron chi connectivity index (χ1n) is 4.85. The van der Waals surface area contributed by atoms with E-state index in [4.69, 9.17) is 22.9 Å². The number of azide groups is 1. The van der Waals surface area contributed by atoms with Gasteiger partial charge in [0.2, 0.25) is 0 Å². The SMILES string of the molecule is [N-]=[N+]=NCCC(O)C(O)c1ccc(N)c(Cl)n1. The average molecular weight is 258 g/mol. The lowest BCUT2D eigenvalue weighted by Gasteiger charge is -2.16. The highest BCUT2D eigenvalue weighted by Gasteiger charge is 2.19. The molecule has 0 aliphatic carbocycles. The molecular formula is C9H12ClN5O2. The van der Waals surface area contributed by atoms with Crippen LogP contribution in [0.1, 0.15) is 18.2 Å². The summed E-state index contributed by atoms with van der Waals surface area (Å²) in [5, 5.41) is 22.7. The molecule has 0 amide bonds. The Hall–Kier alpha value is -1.53. The summed E-state index contributed by atoms with van der Waals surface area (Å²) in [6.07, 6.45) is -2.13. The zero-order valence-corrected chi connectivity index (χ0v) is 9.62. The third-order valence-corrected chi connectivity index (χ3v) is 2.46. The minimum Gasteiger partial charge on any atom is -0.396 e. The summed E-state index contributed by atoms with van der Waals surface area (Å²) < 4.78 is 0. The molecule has 0 radical (unpaired) electrons. The van der Waals surface area contributed by atoms with E-state index < -0.39 is 12.2 Å². The van der Waals surface area contributed by atoms with E-state index in [1.54, 1.807) is 0 Å². The molecule has 2 unspecified atom stereocenters. The van der Waals surface area contributed by atoms with Crippen LogP contribution in [0.5, 0.6) is 0 Å². The lowest BCUT2D eigenvalue weighted by molar-refractivity contribution is 0.0125. The Kier molecular flexibility index (Phi) is 4.99. The van der Waals surface area contributed by atoms with Crippen LogP contribution in [0.2, 0.25) is 5.15 Å². The molecule has 0 aliphatic rings. The molecule has 1 rings (SSSR count). The molecule has 0 spiro atoms. The maximum absolute atomic E-state index is 9.76. The van der Waals surface area contributed by atoms with E-state index in [9.17, 15) is 10.2 Å². The summed E-state index contributed by atoms with van der Waals surface area (Å²) in [7, 11) is 0. The van der Waals surface area contributed by atoms with Crippen molar-refractivity contribution in [1.29, 1.82) is 0 Å². The van der Waals surface area contributed by atoms with E-state index in [0.717, 1.165) is 0 Å². The van der Waals surface area contributed by atoms with Crippen LogP contribution in [0.15, 0.2) is 17.2 Å². The van der Waals surface area contributed by atoms with Gasteiger partial charge in [-0.05, 0) is 24.1 Å². The normalized spacial score (nSPS) is 13.8. The third kappa shape index (κ3) is 3.76. The van der Waals surface area contributed by atoms with Crippen molar-refractivity contribution in [3.05, 3.63) is 33.4 Å². The molecule has 92 valence electrons. The summed E-state index contributed by atoms with van der Waals surface area (Å²) in [4.78, 5) is 6.39. The van der Waals surface area contributed by atoms with Crippen molar-refractivity contribution < 1.29 is 10.2 Å². The Balaban J connectivity index is 2.70. The summed E-state index contributed by atoms with van der Waals surface area (Å²) in [5.41, 5.74) is 14.1. The maximum Gasteiger partial charge on any atom is 0.152 e. The van der Waals surface area contributed by atoms with E-state index in [-0.39, 0.29) is 23.8 Å². The highest BCUT2D eigenvalue weighted by atomic mass is 35.5. The number of anilines is 1. The molecule has 0 saturated carbocycles. The van der Waals surface area contributed by atoms with E-state index in [0.29, 0.717) is 5.69 Å². The van der Waals surface area contributed by atoms with Crippen molar-refractivity contribution >= 4 is 17.3 Å². The van der Waals surface area contributed by atoms with Crippen LogP contribution in [0, 0.1) is 0 Å². The molecule has 4 N–H and O–H groups in total. The van der Waals surface area contributed by atoms with Gasteiger partial charge >= 0.3 is 0 Å². The molecule has 1 heterocycles. The van der Waals surface area contributed by atoms with Gasteiger partial charge in [-0.3, -0.25) is 0 Å². The molecule has 0 bridgehead atoms. The quantitative estimate of drug-likeness (QED) is 0.319. The fourth-order valence-electron chi connectivity index (χ4n) is 1.21. The molecule has 7 nitrogen and oxygen atoms in total. The third-order valence-electron chi connectivity index (χ3n) is 2.15. The van der Waals surface area contributed by atoms with E-state index in [1.165, 1.54) is 12.1 Å². The smallest absolute Gasteiger partial charge is 0.152 e. The zero-order valence-electron chi connectivity index (χ0n) is 8.86. The van der Waals surface area contributed by atoms with E-state index in [2.05, 4.69) is 15.0 Å². The predicted molar refractivity (Wildman–Crippen MR) is 63.3 cm³/mol. The number of nitrogen functional groups attached to an aromatic ring is 1. The second kappa shape index (κ2) is 6.27. The van der Waals surface area contributed by atoms with Crippen molar-refractivity contribution in [1.82, 2.24) is 4.98 Å². The number of rotatable bonds is 5. The fraction of sp³-hybridized carbons (Fsp3) is 0.444. The molecule has 2 atom stereocenters. The predicted octanol–water partition coefficient (Wildman–Crippen LogP) is 1.41. The minimum atomic E-state index is -1.19. The number of halogens is 1. The number of nitrogens with zero attached hydrogens (tertiary/aromatic N) is 4. The Morgan fingerprint density at radius 1 is 1.53 bits per heavy atom. The molecule has 0 aliphatic heterocycles. The first kappa shape index (κ1) is 13.5. The Labute approximate surface area is 102 Å². The summed E-state index contributed by atoms with van der Waals surface area (Å²) in [6.45, 7) is 0.0947. The van der Waals surface area contributed by atoms with Crippen molar-refractivity contribution in [2.24, 2.45) is 5.11 Å². The van der Waals surface area contributed by atoms with Gasteiger partial charge in [-0.15, -0.1) is 0 Å². The Bertz CT molecular complexity index is 435. The number of nitrogens with two attached hydrogens (primary N) is 1. The van der Waals surface area contributed by atoms with Crippen LogP contribution in [-0.2, 0) is 0 Å². The van der Waals surface area contributed by atoms with Crippen molar-refractivity contribution in [3.8, 4) is 0 Å². The first-order valence-corrected chi connectivity index (χ1v) is 5.23. The summed E-state index contributed by atoms with van der Waals surface area (Å²) >= 11 is 5.69. The van der Waals surface area contributed by atoms with Crippen LogP contribution in [0.25, 0.3) is 10.4 Å². The average Bonchev–Trinajstić information content (AvgIpc) is 2.32. The number of hydrogen-bond donors (Lipinski definition) is 3. The van der Waals surface area contributed by atoms with Crippen LogP contribution in [-0.4, -0.2) is 27.8 Å². The first-order chi connectivity index (χ1) is 8.06. The van der Waals surface area contributed by atoms with E-state index >= 15 is 0 Å². The standard InChI is InChI=1S/C9H12ClN5O2/c10-9-5(11)1-2-6(14-9)8(17)7(16)3-4-13-15-12/h1-2,7-8,16-17H,3-4,11H2. The van der Waals surface area contributed by atoms with Crippen LogP contribution in [0.3, 0.4) is 0 Å². The van der Waals surface area contributed by atoms with Crippen molar-refractivity contribution in [2.45, 2.75) is 18.6 Å². The number of aliphatic hydroxyl groups excluding tert-OH is 2. The Morgan fingerprint density at radius 3 is 2.82 bits per heavy atom. The van der Waals surface area contributed by atoms with Gasteiger partial charge in [0, 0.05) is 11.5 Å². The van der Waals surface area contributed by atoms with Gasteiger partial charge in [-0.1, -0.05) is 16.7 Å². The largest absolute Gasteiger partial charge is 0.396 e. The monoisotopic (exact) mass is 257 g/mol. The van der Waals surface area contributed by atoms with Crippen molar-refractivity contribution in [3.63, 3.8) is 0 Å². The molecule has 1 aromatic heterocycles. The van der Waals surface area contributed by atoms with Gasteiger partial charge in [0.05, 0.1) is 17.5 Å². The lowest BCUT2D eigenvalue weighted by atomic mass is 10.1. The summed E-state index contributed by atoms with van der Waals surface area (Å²) in [6, 6.07) is 2.97. The number of aliphatic hydroxyl groups is 2. The molecular weight excluding hydrogens is 246 g/mol. The molecule has 1 aromatic rings. The van der Waals surface area contributed by atoms with E-state index in [1.807, 2.05) is 0 Å². The van der Waals surface area contributed by atoms with Gasteiger partial charge in [-0.25, -0.2) is 4.98 Å². The molecule has 0 saturated heterocycles. The van der Waals surface area contributed by atoms with Gasteiger partial charge in [0.15, 0.2) is 5.15 Å². The number of aromatic nitrogens is 1. The Morgan fingerprint density at radius 2 is 2.24 bits per heavy atom. The molecule has 0 fully saturated rings. The topological polar surface area (TPSA) is 128 Å². The second-order valence-corrected chi connectivity index (χ2v) is 3.73. The summed E-state index contributed by atoms with van der Waals surface area (Å²) in [5.74, 6) is 0. The second-order valence-electron chi connectivity index (χ2n) is 3.37. The maximum atomic E-state index is 9.76. The van der Waals surface area contributed by atoms with Crippen LogP contribution in [0.4, 0.5) is 5.69 Å². The molecule has 8 heteroatoms. The van der Waals surface area contributed by atoms with Crippen molar-refractivity contribution in [2.75, 3.05) is 12.3 Å². The van der Waals surface area contributed by atoms with Crippen LogP contribution >= 0.6 is 11.6 Å². The molecule has 0 aromatic carbocycles. The number of hydrogen-bond acceptors (Lipinski definition) is 5. The van der Waals surface area contributed by atoms with Gasteiger partial charge in [0.25, 0.3) is 0 Å². The van der Waals surface area contributed by atoms with Gasteiger partial charge < -0.3 is 15.9 Å². The fourth-order valence-corrected chi connectivity index (χ4v) is 1.37. The minimum absolute atomic E-state index is 0.0730. The highest BCUT2D eigenvalue weighted by molar-refractivity contribution is 6.31. The highest BCUT2D eigenvalue weighted by Crippen LogP contribution is 2.22. The van der Waals surface area contributed by atoms with Gasteiger partial charge in [0.1, 0.15) is 6.10 Å². The lowest BCUT2D eigenvalue weighted by Crippen LogP contribution is -2.20. The number of pyridine rings is 1. The van der Waals surface area contributed by atoms with Crippen LogP contribution < -0.4 is 5.73 Å². The zero-order chi connectivity index (χ0) is 12.8. The molecule has 17 heavy (non-hydrogen) atoms.